The summed E-state index contributed by atoms with van der Waals surface area (Å²) in [5, 5.41) is 24.0. The highest BCUT2D eigenvalue weighted by molar-refractivity contribution is 5.98. The maximum absolute atomic E-state index is 8.92. The first-order valence-electron chi connectivity index (χ1n) is 6.56. The van der Waals surface area contributed by atoms with Crippen LogP contribution < -0.4 is 11.1 Å². The first kappa shape index (κ1) is 15.5. The van der Waals surface area contributed by atoms with Crippen LogP contribution in [0.4, 0.5) is 0 Å². The third-order valence-corrected chi connectivity index (χ3v) is 3.08. The Balaban J connectivity index is 2.41. The van der Waals surface area contributed by atoms with Crippen LogP contribution in [0.2, 0.25) is 0 Å². The first-order chi connectivity index (χ1) is 9.19. The summed E-state index contributed by atoms with van der Waals surface area (Å²) >= 11 is 0. The average molecular weight is 265 g/mol. The number of nitrogens with two attached hydrogens (primary N) is 1. The molecule has 0 aliphatic rings. The summed E-state index contributed by atoms with van der Waals surface area (Å²) in [6.07, 6.45) is 2.03. The maximum Gasteiger partial charge on any atom is 0.170 e. The molecule has 5 nitrogen and oxygen atoms in total. The summed E-state index contributed by atoms with van der Waals surface area (Å²) in [6.45, 7) is 3.84. The molecule has 0 saturated carbocycles. The van der Waals surface area contributed by atoms with E-state index in [1.807, 2.05) is 31.2 Å². The highest BCUT2D eigenvalue weighted by Gasteiger charge is 2.05. The molecule has 0 bridgehead atoms. The minimum absolute atomic E-state index is 0.131. The van der Waals surface area contributed by atoms with Crippen molar-refractivity contribution in [2.45, 2.75) is 26.3 Å². The minimum Gasteiger partial charge on any atom is -0.409 e. The second-order valence-electron chi connectivity index (χ2n) is 4.75. The Kier molecular flexibility index (Phi) is 6.92. The van der Waals surface area contributed by atoms with E-state index in [4.69, 9.17) is 16.0 Å². The quantitative estimate of drug-likeness (QED) is 0.187. The molecule has 0 aliphatic heterocycles. The highest BCUT2D eigenvalue weighted by Crippen LogP contribution is 2.08. The fraction of sp³-hybridized carbons (Fsp3) is 0.500. The van der Waals surface area contributed by atoms with Gasteiger partial charge in [-0.15, -0.1) is 0 Å². The van der Waals surface area contributed by atoms with Crippen LogP contribution in [0.5, 0.6) is 0 Å². The number of nitrogens with zero attached hydrogens (tertiary/aromatic N) is 1. The average Bonchev–Trinajstić information content (AvgIpc) is 2.46. The van der Waals surface area contributed by atoms with Crippen molar-refractivity contribution in [3.05, 3.63) is 35.4 Å². The molecule has 0 heterocycles. The molecule has 0 spiro atoms. The van der Waals surface area contributed by atoms with Crippen LogP contribution in [0.25, 0.3) is 0 Å². The molecule has 0 aliphatic carbocycles. The molecular weight excluding hydrogens is 242 g/mol. The fourth-order valence-electron chi connectivity index (χ4n) is 1.87. The number of aliphatic hydroxyl groups excluding tert-OH is 1. The molecule has 19 heavy (non-hydrogen) atoms. The predicted molar refractivity (Wildman–Crippen MR) is 76.1 cm³/mol. The summed E-state index contributed by atoms with van der Waals surface area (Å²) in [5.41, 5.74) is 7.39. The van der Waals surface area contributed by atoms with E-state index in [0.29, 0.717) is 12.5 Å². The van der Waals surface area contributed by atoms with Crippen LogP contribution in [0.15, 0.2) is 29.4 Å². The lowest BCUT2D eigenvalue weighted by molar-refractivity contribution is 0.228. The zero-order valence-corrected chi connectivity index (χ0v) is 11.3. The van der Waals surface area contributed by atoms with Crippen molar-refractivity contribution in [1.82, 2.24) is 5.32 Å². The summed E-state index contributed by atoms with van der Waals surface area (Å²) in [4.78, 5) is 0. The molecule has 0 amide bonds. The van der Waals surface area contributed by atoms with Crippen LogP contribution in [-0.4, -0.2) is 29.3 Å². The number of hydrogen-bond acceptors (Lipinski definition) is 4. The van der Waals surface area contributed by atoms with E-state index in [2.05, 4.69) is 10.5 Å². The van der Waals surface area contributed by atoms with E-state index in [0.717, 1.165) is 30.5 Å². The Hall–Kier alpha value is -1.59. The third kappa shape index (κ3) is 5.28. The Morgan fingerprint density at radius 1 is 1.42 bits per heavy atom. The SMILES string of the molecule is CC(CO)CCCNCc1ccccc1/C(N)=N/O. The van der Waals surface area contributed by atoms with Crippen molar-refractivity contribution >= 4 is 5.84 Å². The number of oxime groups is 1. The van der Waals surface area contributed by atoms with Gasteiger partial charge in [0.1, 0.15) is 0 Å². The van der Waals surface area contributed by atoms with Crippen molar-refractivity contribution in [1.29, 1.82) is 0 Å². The lowest BCUT2D eigenvalue weighted by Gasteiger charge is -2.10. The Morgan fingerprint density at radius 2 is 2.16 bits per heavy atom. The van der Waals surface area contributed by atoms with Gasteiger partial charge in [0.15, 0.2) is 5.84 Å². The van der Waals surface area contributed by atoms with Gasteiger partial charge in [-0.3, -0.25) is 0 Å². The standard InChI is InChI=1S/C14H23N3O2/c1-11(10-18)5-4-8-16-9-12-6-2-3-7-13(12)14(15)17-19/h2-3,6-7,11,16,18-19H,4-5,8-10H2,1H3,(H2,15,17). The fourth-order valence-corrected chi connectivity index (χ4v) is 1.87. The summed E-state index contributed by atoms with van der Waals surface area (Å²) in [7, 11) is 0. The second kappa shape index (κ2) is 8.50. The Bertz CT molecular complexity index is 407. The van der Waals surface area contributed by atoms with E-state index < -0.39 is 0 Å². The van der Waals surface area contributed by atoms with Gasteiger partial charge in [0.25, 0.3) is 0 Å². The summed E-state index contributed by atoms with van der Waals surface area (Å²) < 4.78 is 0. The van der Waals surface area contributed by atoms with E-state index in [1.165, 1.54) is 0 Å². The summed E-state index contributed by atoms with van der Waals surface area (Å²) in [5.74, 6) is 0.484. The van der Waals surface area contributed by atoms with Gasteiger partial charge in [0, 0.05) is 18.7 Å². The Labute approximate surface area is 114 Å². The van der Waals surface area contributed by atoms with Crippen molar-refractivity contribution in [2.75, 3.05) is 13.2 Å². The maximum atomic E-state index is 8.92. The van der Waals surface area contributed by atoms with Crippen molar-refractivity contribution in [2.24, 2.45) is 16.8 Å². The topological polar surface area (TPSA) is 90.9 Å². The van der Waals surface area contributed by atoms with Crippen LogP contribution in [0.3, 0.4) is 0 Å². The van der Waals surface area contributed by atoms with Gasteiger partial charge in [0.05, 0.1) is 0 Å². The van der Waals surface area contributed by atoms with Gasteiger partial charge in [-0.05, 0) is 30.9 Å². The molecule has 106 valence electrons. The number of nitrogens with one attached hydrogen (secondary N) is 1. The van der Waals surface area contributed by atoms with Gasteiger partial charge < -0.3 is 21.4 Å². The number of amidine groups is 1. The molecule has 5 heteroatoms. The molecule has 0 aromatic heterocycles. The minimum atomic E-state index is 0.131. The van der Waals surface area contributed by atoms with E-state index in [9.17, 15) is 0 Å². The molecule has 0 radical (unpaired) electrons. The highest BCUT2D eigenvalue weighted by atomic mass is 16.4. The molecule has 5 N–H and O–H groups in total. The molecule has 1 aromatic carbocycles. The van der Waals surface area contributed by atoms with E-state index in [-0.39, 0.29) is 12.4 Å². The van der Waals surface area contributed by atoms with Gasteiger partial charge >= 0.3 is 0 Å². The van der Waals surface area contributed by atoms with Crippen LogP contribution in [0.1, 0.15) is 30.9 Å². The number of hydrogen-bond donors (Lipinski definition) is 4. The van der Waals surface area contributed by atoms with Crippen molar-refractivity contribution in [3.8, 4) is 0 Å². The molecule has 1 unspecified atom stereocenters. The smallest absolute Gasteiger partial charge is 0.170 e. The van der Waals surface area contributed by atoms with Crippen LogP contribution in [-0.2, 0) is 6.54 Å². The largest absolute Gasteiger partial charge is 0.409 e. The van der Waals surface area contributed by atoms with Crippen LogP contribution >= 0.6 is 0 Å². The second-order valence-corrected chi connectivity index (χ2v) is 4.75. The molecule has 1 atom stereocenters. The summed E-state index contributed by atoms with van der Waals surface area (Å²) in [6, 6.07) is 7.58. The number of aliphatic hydroxyl groups is 1. The number of benzene rings is 1. The lowest BCUT2D eigenvalue weighted by Crippen LogP contribution is -2.21. The predicted octanol–water partition coefficient (Wildman–Crippen LogP) is 1.28. The van der Waals surface area contributed by atoms with Crippen molar-refractivity contribution < 1.29 is 10.3 Å². The molecule has 0 saturated heterocycles. The zero-order valence-electron chi connectivity index (χ0n) is 11.3. The molecule has 1 aromatic rings. The van der Waals surface area contributed by atoms with E-state index in [1.54, 1.807) is 0 Å². The molecular formula is C14H23N3O2. The van der Waals surface area contributed by atoms with Crippen molar-refractivity contribution in [3.63, 3.8) is 0 Å². The van der Waals surface area contributed by atoms with Gasteiger partial charge in [-0.2, -0.15) is 0 Å². The molecule has 0 fully saturated rings. The monoisotopic (exact) mass is 265 g/mol. The van der Waals surface area contributed by atoms with Gasteiger partial charge in [-0.25, -0.2) is 0 Å². The van der Waals surface area contributed by atoms with Crippen LogP contribution in [0, 0.1) is 5.92 Å². The first-order valence-corrected chi connectivity index (χ1v) is 6.56. The Morgan fingerprint density at radius 3 is 2.84 bits per heavy atom. The van der Waals surface area contributed by atoms with Gasteiger partial charge in [0.2, 0.25) is 0 Å². The number of rotatable bonds is 8. The van der Waals surface area contributed by atoms with Gasteiger partial charge in [-0.1, -0.05) is 36.3 Å². The zero-order chi connectivity index (χ0) is 14.1. The van der Waals surface area contributed by atoms with E-state index >= 15 is 0 Å². The lowest BCUT2D eigenvalue weighted by atomic mass is 10.1. The molecule has 1 rings (SSSR count). The normalized spacial score (nSPS) is 13.5. The third-order valence-electron chi connectivity index (χ3n) is 3.08.